The Kier molecular flexibility index (Phi) is 6.76. The van der Waals surface area contributed by atoms with Gasteiger partial charge in [-0.2, -0.15) is 4.31 Å². The number of nitrogens with zero attached hydrogens (tertiary/aromatic N) is 2. The smallest absolute Gasteiger partial charge is 0.243 e. The standard InChI is InChI=1S/C21H27N3O4S/c1-23(2)21(25)16-22-19-15-18(29(26,27)24-13-7-4-8-14-24)11-12-20(19)28-17-9-5-3-6-10-17/h3,5-6,9-12,15,22H,4,7-8,13-14,16H2,1-2H3. The van der Waals surface area contributed by atoms with Gasteiger partial charge in [0.15, 0.2) is 5.75 Å². The Morgan fingerprint density at radius 1 is 1.07 bits per heavy atom. The molecule has 0 atom stereocenters. The molecule has 156 valence electrons. The van der Waals surface area contributed by atoms with Crippen LogP contribution in [0.25, 0.3) is 0 Å². The molecule has 1 saturated heterocycles. The average molecular weight is 418 g/mol. The topological polar surface area (TPSA) is 79.0 Å². The molecular weight excluding hydrogens is 390 g/mol. The van der Waals surface area contributed by atoms with Crippen LogP contribution in [-0.2, 0) is 14.8 Å². The first-order chi connectivity index (χ1) is 13.9. The van der Waals surface area contributed by atoms with Gasteiger partial charge in [-0.3, -0.25) is 4.79 Å². The first-order valence-electron chi connectivity index (χ1n) is 9.69. The third-order valence-electron chi connectivity index (χ3n) is 4.80. The van der Waals surface area contributed by atoms with Crippen LogP contribution in [-0.4, -0.2) is 57.3 Å². The Bertz CT molecular complexity index is 940. The Hall–Kier alpha value is -2.58. The average Bonchev–Trinajstić information content (AvgIpc) is 2.74. The van der Waals surface area contributed by atoms with Gasteiger partial charge in [-0.1, -0.05) is 24.6 Å². The van der Waals surface area contributed by atoms with Crippen LogP contribution in [0.1, 0.15) is 19.3 Å². The zero-order valence-electron chi connectivity index (χ0n) is 16.8. The highest BCUT2D eigenvalue weighted by molar-refractivity contribution is 7.89. The molecule has 0 saturated carbocycles. The number of likely N-dealkylation sites (N-methyl/N-ethyl adjacent to an activating group) is 1. The highest BCUT2D eigenvalue weighted by Crippen LogP contribution is 2.33. The number of amides is 1. The van der Waals surface area contributed by atoms with Crippen molar-refractivity contribution in [3.05, 3.63) is 48.5 Å². The van der Waals surface area contributed by atoms with E-state index in [-0.39, 0.29) is 17.3 Å². The number of carbonyl (C=O) groups excluding carboxylic acids is 1. The molecule has 29 heavy (non-hydrogen) atoms. The number of benzene rings is 2. The summed E-state index contributed by atoms with van der Waals surface area (Å²) < 4.78 is 33.5. The summed E-state index contributed by atoms with van der Waals surface area (Å²) in [6.45, 7) is 1.10. The molecule has 1 aliphatic rings. The lowest BCUT2D eigenvalue weighted by Gasteiger charge is -2.26. The molecular formula is C21H27N3O4S. The molecule has 1 fully saturated rings. The van der Waals surface area contributed by atoms with Crippen LogP contribution in [0.4, 0.5) is 5.69 Å². The van der Waals surface area contributed by atoms with Crippen molar-refractivity contribution in [2.45, 2.75) is 24.2 Å². The lowest BCUT2D eigenvalue weighted by atomic mass is 10.2. The van der Waals surface area contributed by atoms with E-state index in [0.29, 0.717) is 30.3 Å². The molecule has 1 aliphatic heterocycles. The van der Waals surface area contributed by atoms with E-state index in [1.165, 1.54) is 9.21 Å². The quantitative estimate of drug-likeness (QED) is 0.749. The number of para-hydroxylation sites is 1. The van der Waals surface area contributed by atoms with Gasteiger partial charge in [-0.25, -0.2) is 8.42 Å². The van der Waals surface area contributed by atoms with Gasteiger partial charge in [0.1, 0.15) is 5.75 Å². The minimum absolute atomic E-state index is 0.0331. The van der Waals surface area contributed by atoms with Crippen LogP contribution in [0, 0.1) is 0 Å². The number of anilines is 1. The fourth-order valence-electron chi connectivity index (χ4n) is 3.10. The van der Waals surface area contributed by atoms with Crippen molar-refractivity contribution < 1.29 is 17.9 Å². The second kappa shape index (κ2) is 9.28. The third kappa shape index (κ3) is 5.27. The first kappa shape index (κ1) is 21.1. The van der Waals surface area contributed by atoms with Gasteiger partial charge in [0.05, 0.1) is 17.1 Å². The molecule has 2 aromatic rings. The summed E-state index contributed by atoms with van der Waals surface area (Å²) in [7, 11) is -0.248. The van der Waals surface area contributed by atoms with Crippen LogP contribution in [0.3, 0.4) is 0 Å². The Balaban J connectivity index is 1.91. The molecule has 0 unspecified atom stereocenters. The molecule has 0 aromatic heterocycles. The lowest BCUT2D eigenvalue weighted by Crippen LogP contribution is -2.35. The number of rotatable bonds is 7. The van der Waals surface area contributed by atoms with Crippen LogP contribution in [0.2, 0.25) is 0 Å². The molecule has 7 nitrogen and oxygen atoms in total. The van der Waals surface area contributed by atoms with E-state index in [2.05, 4.69) is 5.32 Å². The third-order valence-corrected chi connectivity index (χ3v) is 6.70. The zero-order chi connectivity index (χ0) is 20.9. The monoisotopic (exact) mass is 417 g/mol. The van der Waals surface area contributed by atoms with E-state index in [4.69, 9.17) is 4.74 Å². The maximum absolute atomic E-state index is 13.0. The van der Waals surface area contributed by atoms with Crippen molar-refractivity contribution in [1.82, 2.24) is 9.21 Å². The van der Waals surface area contributed by atoms with Gasteiger partial charge in [-0.15, -0.1) is 0 Å². The normalized spacial score (nSPS) is 15.0. The summed E-state index contributed by atoms with van der Waals surface area (Å²) in [5.74, 6) is 0.960. The summed E-state index contributed by atoms with van der Waals surface area (Å²) in [5.41, 5.74) is 0.460. The minimum atomic E-state index is -3.59. The predicted octanol–water partition coefficient (Wildman–Crippen LogP) is 3.15. The maximum Gasteiger partial charge on any atom is 0.243 e. The molecule has 0 aliphatic carbocycles. The highest BCUT2D eigenvalue weighted by atomic mass is 32.2. The minimum Gasteiger partial charge on any atom is -0.455 e. The molecule has 2 aromatic carbocycles. The Morgan fingerprint density at radius 2 is 1.76 bits per heavy atom. The molecule has 0 spiro atoms. The number of hydrogen-bond acceptors (Lipinski definition) is 5. The Labute approximate surface area is 172 Å². The molecule has 0 bridgehead atoms. The van der Waals surface area contributed by atoms with E-state index >= 15 is 0 Å². The SMILES string of the molecule is CN(C)C(=O)CNc1cc(S(=O)(=O)N2CCCCC2)ccc1Oc1ccccc1. The lowest BCUT2D eigenvalue weighted by molar-refractivity contribution is -0.126. The van der Waals surface area contributed by atoms with Crippen molar-refractivity contribution in [3.63, 3.8) is 0 Å². The predicted molar refractivity (Wildman–Crippen MR) is 113 cm³/mol. The fraction of sp³-hybridized carbons (Fsp3) is 0.381. The summed E-state index contributed by atoms with van der Waals surface area (Å²) in [6, 6.07) is 14.0. The van der Waals surface area contributed by atoms with E-state index in [0.717, 1.165) is 19.3 Å². The van der Waals surface area contributed by atoms with Gasteiger partial charge in [0, 0.05) is 27.2 Å². The zero-order valence-corrected chi connectivity index (χ0v) is 17.6. The van der Waals surface area contributed by atoms with E-state index in [1.807, 2.05) is 30.3 Å². The largest absolute Gasteiger partial charge is 0.455 e. The van der Waals surface area contributed by atoms with E-state index in [1.54, 1.807) is 32.3 Å². The van der Waals surface area contributed by atoms with Crippen molar-refractivity contribution in [1.29, 1.82) is 0 Å². The number of piperidine rings is 1. The maximum atomic E-state index is 13.0. The molecule has 0 radical (unpaired) electrons. The number of nitrogens with one attached hydrogen (secondary N) is 1. The van der Waals surface area contributed by atoms with Gasteiger partial charge >= 0.3 is 0 Å². The second-order valence-corrected chi connectivity index (χ2v) is 9.12. The number of carbonyl (C=O) groups is 1. The summed E-state index contributed by atoms with van der Waals surface area (Å²) in [4.78, 5) is 13.7. The number of ether oxygens (including phenoxy) is 1. The van der Waals surface area contributed by atoms with E-state index < -0.39 is 10.0 Å². The summed E-state index contributed by atoms with van der Waals surface area (Å²) in [6.07, 6.45) is 2.79. The van der Waals surface area contributed by atoms with Crippen molar-refractivity contribution in [3.8, 4) is 11.5 Å². The summed E-state index contributed by atoms with van der Waals surface area (Å²) >= 11 is 0. The van der Waals surface area contributed by atoms with Gasteiger partial charge in [0.2, 0.25) is 15.9 Å². The van der Waals surface area contributed by atoms with Crippen LogP contribution in [0.15, 0.2) is 53.4 Å². The van der Waals surface area contributed by atoms with Gasteiger partial charge < -0.3 is 15.0 Å². The molecule has 1 amide bonds. The van der Waals surface area contributed by atoms with Crippen molar-refractivity contribution >= 4 is 21.6 Å². The van der Waals surface area contributed by atoms with Crippen LogP contribution < -0.4 is 10.1 Å². The van der Waals surface area contributed by atoms with Gasteiger partial charge in [-0.05, 0) is 43.2 Å². The first-order valence-corrected chi connectivity index (χ1v) is 11.1. The molecule has 3 rings (SSSR count). The summed E-state index contributed by atoms with van der Waals surface area (Å²) in [5, 5.41) is 3.03. The molecule has 8 heteroatoms. The van der Waals surface area contributed by atoms with Crippen LogP contribution >= 0.6 is 0 Å². The van der Waals surface area contributed by atoms with Gasteiger partial charge in [0.25, 0.3) is 0 Å². The second-order valence-electron chi connectivity index (χ2n) is 7.18. The molecule has 1 heterocycles. The van der Waals surface area contributed by atoms with Crippen LogP contribution in [0.5, 0.6) is 11.5 Å². The fourth-order valence-corrected chi connectivity index (χ4v) is 4.64. The van der Waals surface area contributed by atoms with E-state index in [9.17, 15) is 13.2 Å². The number of hydrogen-bond donors (Lipinski definition) is 1. The Morgan fingerprint density at radius 3 is 2.41 bits per heavy atom. The van der Waals surface area contributed by atoms with Crippen molar-refractivity contribution in [2.24, 2.45) is 0 Å². The number of sulfonamides is 1. The van der Waals surface area contributed by atoms with Crippen molar-refractivity contribution in [2.75, 3.05) is 39.0 Å². The molecule has 1 N–H and O–H groups in total. The highest BCUT2D eigenvalue weighted by Gasteiger charge is 2.27.